The fourth-order valence-electron chi connectivity index (χ4n) is 2.54. The van der Waals surface area contributed by atoms with Crippen LogP contribution in [0.5, 0.6) is 0 Å². The van der Waals surface area contributed by atoms with E-state index >= 15 is 0 Å². The zero-order valence-corrected chi connectivity index (χ0v) is 8.86. The van der Waals surface area contributed by atoms with Gasteiger partial charge in [-0.1, -0.05) is 6.92 Å². The molecule has 0 radical (unpaired) electrons. The Kier molecular flexibility index (Phi) is 2.77. The topological polar surface area (TPSA) is 38.8 Å². The molecule has 1 aliphatic heterocycles. The first-order valence-electron chi connectivity index (χ1n) is 5.51. The number of ether oxygens (including phenoxy) is 2. The van der Waals surface area contributed by atoms with Crippen molar-refractivity contribution in [2.24, 2.45) is 11.8 Å². The molecule has 1 saturated heterocycles. The van der Waals surface area contributed by atoms with Gasteiger partial charge in [0.15, 0.2) is 0 Å². The molecule has 4 atom stereocenters. The minimum atomic E-state index is -0.0687. The second kappa shape index (κ2) is 3.89. The van der Waals surface area contributed by atoms with E-state index in [1.165, 1.54) is 6.42 Å². The number of hydrogen-bond acceptors (Lipinski definition) is 3. The summed E-state index contributed by atoms with van der Waals surface area (Å²) in [5.41, 5.74) is 0. The largest absolute Gasteiger partial charge is 0.466 e. The number of fused-ring (bicyclic) bond motifs is 1. The Balaban J connectivity index is 1.82. The molecule has 0 aromatic rings. The van der Waals surface area contributed by atoms with Crippen molar-refractivity contribution in [1.29, 1.82) is 0 Å². The van der Waals surface area contributed by atoms with Crippen LogP contribution in [-0.4, -0.2) is 24.8 Å². The molecule has 1 saturated carbocycles. The lowest BCUT2D eigenvalue weighted by Gasteiger charge is -2.22. The Hall–Kier alpha value is -0.570. The van der Waals surface area contributed by atoms with Gasteiger partial charge in [0.25, 0.3) is 0 Å². The van der Waals surface area contributed by atoms with Crippen LogP contribution in [0.4, 0.5) is 0 Å². The van der Waals surface area contributed by atoms with Gasteiger partial charge in [-0.3, -0.25) is 4.79 Å². The molecule has 2 aliphatic rings. The van der Waals surface area contributed by atoms with Crippen molar-refractivity contribution in [3.05, 3.63) is 0 Å². The van der Waals surface area contributed by atoms with Crippen LogP contribution in [0, 0.1) is 11.8 Å². The third kappa shape index (κ3) is 2.08. The van der Waals surface area contributed by atoms with Gasteiger partial charge in [-0.2, -0.15) is 0 Å². The van der Waals surface area contributed by atoms with Crippen LogP contribution in [0.1, 0.15) is 33.1 Å². The molecule has 14 heavy (non-hydrogen) atoms. The molecule has 0 unspecified atom stereocenters. The molecule has 80 valence electrons. The second-order valence-electron chi connectivity index (χ2n) is 4.48. The molecule has 2 fully saturated rings. The molecule has 0 bridgehead atoms. The lowest BCUT2D eigenvalue weighted by molar-refractivity contribution is -0.144. The van der Waals surface area contributed by atoms with E-state index in [0.29, 0.717) is 37.1 Å². The summed E-state index contributed by atoms with van der Waals surface area (Å²) in [5.74, 6) is 1.03. The van der Waals surface area contributed by atoms with E-state index < -0.39 is 0 Å². The molecule has 1 heterocycles. The van der Waals surface area contributed by atoms with E-state index in [9.17, 15) is 4.79 Å². The normalized spacial score (nSPS) is 40.1. The molecular weight excluding hydrogens is 180 g/mol. The maximum atomic E-state index is 11.3. The maximum Gasteiger partial charge on any atom is 0.306 e. The number of rotatable bonds is 3. The molecule has 0 spiro atoms. The van der Waals surface area contributed by atoms with Gasteiger partial charge in [-0.05, 0) is 31.6 Å². The highest BCUT2D eigenvalue weighted by molar-refractivity contribution is 5.69. The molecule has 0 aromatic carbocycles. The van der Waals surface area contributed by atoms with E-state index in [1.807, 2.05) is 6.92 Å². The summed E-state index contributed by atoms with van der Waals surface area (Å²) in [4.78, 5) is 11.3. The van der Waals surface area contributed by atoms with E-state index in [1.54, 1.807) is 0 Å². The lowest BCUT2D eigenvalue weighted by atomic mass is 9.81. The van der Waals surface area contributed by atoms with Gasteiger partial charge in [-0.25, -0.2) is 0 Å². The Morgan fingerprint density at radius 2 is 2.29 bits per heavy atom. The van der Waals surface area contributed by atoms with Gasteiger partial charge in [0.05, 0.1) is 25.2 Å². The Morgan fingerprint density at radius 1 is 1.50 bits per heavy atom. The summed E-state index contributed by atoms with van der Waals surface area (Å²) < 4.78 is 10.5. The zero-order chi connectivity index (χ0) is 10.1. The summed E-state index contributed by atoms with van der Waals surface area (Å²) >= 11 is 0. The van der Waals surface area contributed by atoms with E-state index in [4.69, 9.17) is 9.47 Å². The van der Waals surface area contributed by atoms with E-state index in [0.717, 1.165) is 6.42 Å². The predicted molar refractivity (Wildman–Crippen MR) is 51.8 cm³/mol. The van der Waals surface area contributed by atoms with Gasteiger partial charge in [-0.15, -0.1) is 0 Å². The lowest BCUT2D eigenvalue weighted by Crippen LogP contribution is -2.24. The monoisotopic (exact) mass is 198 g/mol. The highest BCUT2D eigenvalue weighted by Gasteiger charge is 2.49. The van der Waals surface area contributed by atoms with Crippen molar-refractivity contribution >= 4 is 5.97 Å². The van der Waals surface area contributed by atoms with Crippen molar-refractivity contribution in [3.8, 4) is 0 Å². The van der Waals surface area contributed by atoms with Gasteiger partial charge in [0, 0.05) is 0 Å². The van der Waals surface area contributed by atoms with Crippen LogP contribution in [0.2, 0.25) is 0 Å². The van der Waals surface area contributed by atoms with Crippen molar-refractivity contribution in [3.63, 3.8) is 0 Å². The molecule has 0 aromatic heterocycles. The highest BCUT2D eigenvalue weighted by atomic mass is 16.6. The van der Waals surface area contributed by atoms with Crippen LogP contribution in [-0.2, 0) is 14.3 Å². The minimum absolute atomic E-state index is 0.0687. The molecule has 3 nitrogen and oxygen atoms in total. The number of carbonyl (C=O) groups excluding carboxylic acids is 1. The average Bonchev–Trinajstić information content (AvgIpc) is 2.83. The predicted octanol–water partition coefficient (Wildman–Crippen LogP) is 1.75. The van der Waals surface area contributed by atoms with E-state index in [2.05, 4.69) is 6.92 Å². The van der Waals surface area contributed by atoms with Crippen molar-refractivity contribution in [2.45, 2.75) is 45.3 Å². The highest BCUT2D eigenvalue weighted by Crippen LogP contribution is 2.44. The third-order valence-electron chi connectivity index (χ3n) is 3.16. The molecule has 2 rings (SSSR count). The smallest absolute Gasteiger partial charge is 0.306 e. The standard InChI is InChI=1S/C11H18O3/c1-3-13-10(12)6-8-4-7(2)5-9-11(8)14-9/h7-9,11H,3-6H2,1-2H3/t7-,8-,9-,11+/m0/s1. The van der Waals surface area contributed by atoms with Crippen LogP contribution in [0.3, 0.4) is 0 Å². The van der Waals surface area contributed by atoms with E-state index in [-0.39, 0.29) is 5.97 Å². The zero-order valence-electron chi connectivity index (χ0n) is 8.86. The first-order chi connectivity index (χ1) is 6.70. The van der Waals surface area contributed by atoms with Crippen LogP contribution >= 0.6 is 0 Å². The summed E-state index contributed by atoms with van der Waals surface area (Å²) in [6.07, 6.45) is 3.62. The van der Waals surface area contributed by atoms with Crippen molar-refractivity contribution < 1.29 is 14.3 Å². The number of hydrogen-bond donors (Lipinski definition) is 0. The number of esters is 1. The quantitative estimate of drug-likeness (QED) is 0.512. The van der Waals surface area contributed by atoms with Gasteiger partial charge in [0.1, 0.15) is 0 Å². The Labute approximate surface area is 84.8 Å². The first-order valence-corrected chi connectivity index (χ1v) is 5.51. The molecule has 3 heteroatoms. The molecular formula is C11H18O3. The van der Waals surface area contributed by atoms with Gasteiger partial charge in [0.2, 0.25) is 0 Å². The third-order valence-corrected chi connectivity index (χ3v) is 3.16. The second-order valence-corrected chi connectivity index (χ2v) is 4.48. The minimum Gasteiger partial charge on any atom is -0.466 e. The maximum absolute atomic E-state index is 11.3. The first kappa shape index (κ1) is 9.97. The Bertz CT molecular complexity index is 227. The van der Waals surface area contributed by atoms with Gasteiger partial charge >= 0.3 is 5.97 Å². The summed E-state index contributed by atoms with van der Waals surface area (Å²) in [7, 11) is 0. The fraction of sp³-hybridized carbons (Fsp3) is 0.909. The van der Waals surface area contributed by atoms with Gasteiger partial charge < -0.3 is 9.47 Å². The average molecular weight is 198 g/mol. The van der Waals surface area contributed by atoms with Crippen molar-refractivity contribution in [1.82, 2.24) is 0 Å². The molecule has 0 amide bonds. The molecule has 1 aliphatic carbocycles. The fourth-order valence-corrected chi connectivity index (χ4v) is 2.54. The summed E-state index contributed by atoms with van der Waals surface area (Å²) in [5, 5.41) is 0. The SMILES string of the molecule is CCOC(=O)C[C@@H]1C[C@H](C)C[C@@H]2O[C@H]12. The van der Waals surface area contributed by atoms with Crippen LogP contribution < -0.4 is 0 Å². The van der Waals surface area contributed by atoms with Crippen LogP contribution in [0.15, 0.2) is 0 Å². The number of carbonyl (C=O) groups is 1. The molecule has 0 N–H and O–H groups in total. The number of epoxide rings is 1. The Morgan fingerprint density at radius 3 is 3.00 bits per heavy atom. The van der Waals surface area contributed by atoms with Crippen molar-refractivity contribution in [2.75, 3.05) is 6.61 Å². The summed E-state index contributed by atoms with van der Waals surface area (Å²) in [6, 6.07) is 0. The summed E-state index contributed by atoms with van der Waals surface area (Å²) in [6.45, 7) is 4.56. The van der Waals surface area contributed by atoms with Crippen LogP contribution in [0.25, 0.3) is 0 Å².